The summed E-state index contributed by atoms with van der Waals surface area (Å²) in [7, 11) is 0. The SMILES string of the molecule is CC(C)(C)c1cc(-c2ccccc2)cc(N2c3ccc(-c4c(-c5ccc6sc7ccccc7c6c5)cccc4-n4c5ccccc5c5ccccc54)cc3B3c4ccc(C(C)(C)C)cc4N(c4ccc(-c5ccccc5)cc4)c4cc(-c5c(-c6cccc7sc8ccc(C(C)(C)C)cc8c67)cccc5-n5c6ccccc6c6ccccc65)cc2c43)c1. The normalized spacial score (nSPS) is 13.0. The van der Waals surface area contributed by atoms with Crippen molar-refractivity contribution in [3.63, 3.8) is 0 Å². The first-order valence-electron chi connectivity index (χ1n) is 42.5. The molecule has 23 rings (SSSR count). The molecule has 0 fully saturated rings. The minimum atomic E-state index is -0.291. The molecular formula is C114H87BN4S2. The molecule has 0 amide bonds. The van der Waals surface area contributed by atoms with E-state index in [1.54, 1.807) is 0 Å². The summed E-state index contributed by atoms with van der Waals surface area (Å²) in [6, 6.07) is 140. The molecule has 0 spiro atoms. The third-order valence-electron chi connectivity index (χ3n) is 26.0. The van der Waals surface area contributed by atoms with Gasteiger partial charge in [0.1, 0.15) is 0 Å². The number of rotatable bonds is 10. The van der Waals surface area contributed by atoms with Crippen LogP contribution >= 0.6 is 22.7 Å². The van der Waals surface area contributed by atoms with Crippen LogP contribution in [0.3, 0.4) is 0 Å². The van der Waals surface area contributed by atoms with E-state index < -0.39 is 0 Å². The number of thiophene rings is 2. The number of benzene rings is 17. The van der Waals surface area contributed by atoms with Crippen LogP contribution in [0, 0.1) is 0 Å². The standard InChI is InChI=1S/C114H87BN4S2/c1-112(2,3)77-54-60-106-91(68-77)110-89(40-28-48-107(110)121-106)88-39-27-46-100(119-96-43-23-18-35-85(96)86-36-19-24-44-97(86)119)109(88)76-65-102-111-103(66-76)117(81-62-75(71-31-14-11-15-32-71)61-79(67-81)114(7,8)9)98-58-51-74(64-93(98)115(111)92-57-53-78(113(4,5)6)69-101(92)116(102)80-55-49-72(50-56-80)70-29-12-10-13-30-70)108-82(73-52-59-105-90(63-73)87-37-20-25-47-104(87)120-105)38-26-45-99(108)118-94-41-21-16-33-83(94)84-34-17-22-42-95(84)118/h10-69H,1-9H3. The first-order chi connectivity index (χ1) is 58.9. The van der Waals surface area contributed by atoms with Crippen molar-refractivity contribution in [3.8, 4) is 78.1 Å². The molecule has 0 unspecified atom stereocenters. The van der Waals surface area contributed by atoms with Crippen LogP contribution in [0.15, 0.2) is 364 Å². The fourth-order valence-corrected chi connectivity index (χ4v) is 22.2. The van der Waals surface area contributed by atoms with Crippen molar-refractivity contribution in [2.75, 3.05) is 9.80 Å². The maximum atomic E-state index is 2.70. The molecule has 4 aromatic heterocycles. The third kappa shape index (κ3) is 11.7. The van der Waals surface area contributed by atoms with Crippen LogP contribution in [0.25, 0.3) is 162 Å². The van der Waals surface area contributed by atoms with Gasteiger partial charge in [-0.1, -0.05) is 305 Å². The summed E-state index contributed by atoms with van der Waals surface area (Å²) in [5.41, 5.74) is 34.5. The Balaban J connectivity index is 0.878. The van der Waals surface area contributed by atoms with Gasteiger partial charge in [0.15, 0.2) is 0 Å². The minimum absolute atomic E-state index is 0.0713. The quantitative estimate of drug-likeness (QED) is 0.127. The number of para-hydroxylation sites is 4. The molecule has 21 aromatic rings. The van der Waals surface area contributed by atoms with E-state index in [1.807, 2.05) is 22.7 Å². The van der Waals surface area contributed by atoms with E-state index in [-0.39, 0.29) is 23.0 Å². The highest BCUT2D eigenvalue weighted by atomic mass is 32.1. The molecule has 2 aliphatic heterocycles. The molecule has 2 aliphatic rings. The lowest BCUT2D eigenvalue weighted by molar-refractivity contribution is 0.590. The first-order valence-corrected chi connectivity index (χ1v) is 44.1. The van der Waals surface area contributed by atoms with Crippen LogP contribution in [0.4, 0.5) is 34.1 Å². The average Bonchev–Trinajstić information content (AvgIpc) is 1.28. The van der Waals surface area contributed by atoms with Crippen molar-refractivity contribution >= 4 is 164 Å². The molecule has 0 N–H and O–H groups in total. The maximum Gasteiger partial charge on any atom is 0.252 e. The van der Waals surface area contributed by atoms with E-state index in [1.165, 1.54) is 145 Å². The largest absolute Gasteiger partial charge is 0.311 e. The summed E-state index contributed by atoms with van der Waals surface area (Å²) in [5.74, 6) is 0. The van der Waals surface area contributed by atoms with Gasteiger partial charge >= 0.3 is 0 Å². The second-order valence-electron chi connectivity index (χ2n) is 36.3. The number of hydrogen-bond donors (Lipinski definition) is 0. The molecule has 0 radical (unpaired) electrons. The van der Waals surface area contributed by atoms with Gasteiger partial charge in [0, 0.05) is 107 Å². The van der Waals surface area contributed by atoms with Gasteiger partial charge in [-0.25, -0.2) is 0 Å². The highest BCUT2D eigenvalue weighted by molar-refractivity contribution is 7.26. The molecule has 578 valence electrons. The molecule has 0 bridgehead atoms. The lowest BCUT2D eigenvalue weighted by Crippen LogP contribution is -2.61. The van der Waals surface area contributed by atoms with E-state index in [9.17, 15) is 0 Å². The second kappa shape index (κ2) is 27.5. The summed E-state index contributed by atoms with van der Waals surface area (Å²) in [6.45, 7) is 21.0. The molecular weight excluding hydrogens is 1500 g/mol. The monoisotopic (exact) mass is 1590 g/mol. The number of hydrogen-bond acceptors (Lipinski definition) is 4. The van der Waals surface area contributed by atoms with Crippen molar-refractivity contribution in [2.24, 2.45) is 0 Å². The van der Waals surface area contributed by atoms with Gasteiger partial charge in [-0.05, 0) is 226 Å². The van der Waals surface area contributed by atoms with Gasteiger partial charge < -0.3 is 18.9 Å². The molecule has 17 aromatic carbocycles. The summed E-state index contributed by atoms with van der Waals surface area (Å²) in [6.07, 6.45) is 0. The zero-order valence-corrected chi connectivity index (χ0v) is 71.0. The molecule has 0 aliphatic carbocycles. The summed E-state index contributed by atoms with van der Waals surface area (Å²) in [5, 5.41) is 9.99. The Labute approximate surface area is 714 Å². The molecule has 6 heterocycles. The topological polar surface area (TPSA) is 16.3 Å². The fraction of sp³-hybridized carbons (Fsp3) is 0.105. The van der Waals surface area contributed by atoms with Crippen LogP contribution in [0.2, 0.25) is 0 Å². The summed E-state index contributed by atoms with van der Waals surface area (Å²) >= 11 is 3.77. The van der Waals surface area contributed by atoms with E-state index in [4.69, 9.17) is 0 Å². The van der Waals surface area contributed by atoms with Crippen molar-refractivity contribution < 1.29 is 0 Å². The van der Waals surface area contributed by atoms with Gasteiger partial charge in [0.2, 0.25) is 0 Å². The van der Waals surface area contributed by atoms with Crippen LogP contribution in [-0.4, -0.2) is 15.8 Å². The Morgan fingerprint density at radius 2 is 0.694 bits per heavy atom. The van der Waals surface area contributed by atoms with Crippen LogP contribution in [-0.2, 0) is 16.2 Å². The predicted octanol–water partition coefficient (Wildman–Crippen LogP) is 30.6. The van der Waals surface area contributed by atoms with Gasteiger partial charge in [-0.15, -0.1) is 22.7 Å². The predicted molar refractivity (Wildman–Crippen MR) is 524 cm³/mol. The van der Waals surface area contributed by atoms with Crippen LogP contribution in [0.5, 0.6) is 0 Å². The van der Waals surface area contributed by atoms with Crippen molar-refractivity contribution in [1.82, 2.24) is 9.13 Å². The molecule has 4 nitrogen and oxygen atoms in total. The molecule has 0 saturated heterocycles. The highest BCUT2D eigenvalue weighted by Gasteiger charge is 2.45. The molecule has 7 heteroatoms. The molecule has 0 atom stereocenters. The van der Waals surface area contributed by atoms with E-state index in [2.05, 4.69) is 445 Å². The van der Waals surface area contributed by atoms with Gasteiger partial charge in [-0.2, -0.15) is 0 Å². The number of nitrogens with zero attached hydrogens (tertiary/aromatic N) is 4. The van der Waals surface area contributed by atoms with E-state index >= 15 is 0 Å². The van der Waals surface area contributed by atoms with Crippen molar-refractivity contribution in [2.45, 2.75) is 78.6 Å². The van der Waals surface area contributed by atoms with Crippen molar-refractivity contribution in [3.05, 3.63) is 381 Å². The third-order valence-corrected chi connectivity index (χ3v) is 28.2. The number of aromatic nitrogens is 2. The fourth-order valence-electron chi connectivity index (χ4n) is 20.0. The Morgan fingerprint density at radius 1 is 0.231 bits per heavy atom. The lowest BCUT2D eigenvalue weighted by Gasteiger charge is -2.45. The van der Waals surface area contributed by atoms with Gasteiger partial charge in [0.25, 0.3) is 6.71 Å². The Hall–Kier alpha value is -13.6. The van der Waals surface area contributed by atoms with Gasteiger partial charge in [0.05, 0.1) is 33.4 Å². The van der Waals surface area contributed by atoms with E-state index in [0.717, 1.165) is 84.3 Å². The maximum absolute atomic E-state index is 2.70. The number of anilines is 6. The summed E-state index contributed by atoms with van der Waals surface area (Å²) < 4.78 is 10.2. The highest BCUT2D eigenvalue weighted by Crippen LogP contribution is 2.54. The number of fused-ring (bicyclic) bond motifs is 16. The van der Waals surface area contributed by atoms with Crippen molar-refractivity contribution in [1.29, 1.82) is 0 Å². The smallest absolute Gasteiger partial charge is 0.252 e. The Kier molecular flexibility index (Phi) is 16.5. The molecule has 121 heavy (non-hydrogen) atoms. The van der Waals surface area contributed by atoms with Crippen LogP contribution < -0.4 is 26.2 Å². The Bertz CT molecular complexity index is 7740. The van der Waals surface area contributed by atoms with Gasteiger partial charge in [-0.3, -0.25) is 0 Å². The second-order valence-corrected chi connectivity index (χ2v) is 38.5. The zero-order valence-electron chi connectivity index (χ0n) is 69.3. The minimum Gasteiger partial charge on any atom is -0.311 e. The molecule has 0 saturated carbocycles. The average molecular weight is 1590 g/mol. The first kappa shape index (κ1) is 72.7. The van der Waals surface area contributed by atoms with Crippen LogP contribution in [0.1, 0.15) is 79.0 Å². The zero-order chi connectivity index (χ0) is 81.5. The lowest BCUT2D eigenvalue weighted by atomic mass is 9.33. The van der Waals surface area contributed by atoms with E-state index in [0.29, 0.717) is 0 Å². The summed E-state index contributed by atoms with van der Waals surface area (Å²) in [4.78, 5) is 5.36. The Morgan fingerprint density at radius 3 is 1.31 bits per heavy atom.